The zero-order chi connectivity index (χ0) is 15.2. The Morgan fingerprint density at radius 3 is 2.65 bits per heavy atom. The molecule has 3 N–H and O–H groups in total. The third-order valence-corrected chi connectivity index (χ3v) is 4.67. The van der Waals surface area contributed by atoms with Crippen LogP contribution in [0, 0.1) is 5.41 Å². The molecule has 2 amide bonds. The van der Waals surface area contributed by atoms with Crippen LogP contribution >= 0.6 is 11.8 Å². The number of carboxylic acids is 1. The number of hydrogen-bond acceptors (Lipinski definition) is 3. The molecule has 0 aromatic rings. The number of nitrogens with one attached hydrogen (secondary N) is 2. The number of amides is 2. The molecule has 1 rings (SSSR count). The molecule has 1 aliphatic carbocycles. The lowest BCUT2D eigenvalue weighted by molar-refractivity contribution is -0.139. The Labute approximate surface area is 125 Å². The zero-order valence-electron chi connectivity index (χ0n) is 12.6. The van der Waals surface area contributed by atoms with Gasteiger partial charge in [-0.3, -0.25) is 0 Å². The van der Waals surface area contributed by atoms with Crippen molar-refractivity contribution < 1.29 is 14.7 Å². The second-order valence-electron chi connectivity index (χ2n) is 6.08. The maximum absolute atomic E-state index is 12.0. The van der Waals surface area contributed by atoms with Crippen LogP contribution in [0.4, 0.5) is 4.79 Å². The highest BCUT2D eigenvalue weighted by atomic mass is 32.2. The van der Waals surface area contributed by atoms with Crippen molar-refractivity contribution in [3.8, 4) is 0 Å². The van der Waals surface area contributed by atoms with Gasteiger partial charge in [0.25, 0.3) is 0 Å². The van der Waals surface area contributed by atoms with E-state index in [0.29, 0.717) is 12.2 Å². The van der Waals surface area contributed by atoms with Crippen molar-refractivity contribution in [2.75, 3.05) is 12.0 Å². The molecule has 0 radical (unpaired) electrons. The minimum atomic E-state index is -0.975. The first kappa shape index (κ1) is 17.1. The standard InChI is InChI=1S/C14H26N2O3S/c1-14(2)8-5-4-6-11(14)16-13(19)15-10(12(17)18)7-9-20-3/h10-11H,4-9H2,1-3H3,(H,17,18)(H2,15,16,19)/t10-,11?/m1/s1. The number of urea groups is 1. The topological polar surface area (TPSA) is 78.4 Å². The minimum absolute atomic E-state index is 0.0770. The summed E-state index contributed by atoms with van der Waals surface area (Å²) in [5.41, 5.74) is 0.0770. The van der Waals surface area contributed by atoms with Crippen LogP contribution in [0.3, 0.4) is 0 Å². The van der Waals surface area contributed by atoms with E-state index in [1.54, 1.807) is 11.8 Å². The Morgan fingerprint density at radius 2 is 2.10 bits per heavy atom. The molecule has 0 aromatic carbocycles. The molecule has 1 unspecified atom stereocenters. The van der Waals surface area contributed by atoms with E-state index in [1.807, 2.05) is 6.26 Å². The molecule has 0 bridgehead atoms. The van der Waals surface area contributed by atoms with E-state index in [2.05, 4.69) is 24.5 Å². The molecule has 20 heavy (non-hydrogen) atoms. The Morgan fingerprint density at radius 1 is 1.40 bits per heavy atom. The summed E-state index contributed by atoms with van der Waals surface area (Å²) in [4.78, 5) is 23.1. The molecule has 2 atom stereocenters. The quantitative estimate of drug-likeness (QED) is 0.704. The van der Waals surface area contributed by atoms with Crippen molar-refractivity contribution in [2.45, 2.75) is 58.0 Å². The minimum Gasteiger partial charge on any atom is -0.480 e. The van der Waals surface area contributed by atoms with E-state index in [9.17, 15) is 9.59 Å². The van der Waals surface area contributed by atoms with Crippen molar-refractivity contribution in [1.29, 1.82) is 0 Å². The van der Waals surface area contributed by atoms with Gasteiger partial charge >= 0.3 is 12.0 Å². The predicted molar refractivity (Wildman–Crippen MR) is 82.1 cm³/mol. The van der Waals surface area contributed by atoms with Crippen molar-refractivity contribution in [3.05, 3.63) is 0 Å². The van der Waals surface area contributed by atoms with E-state index in [-0.39, 0.29) is 17.5 Å². The third kappa shape index (κ3) is 5.23. The first-order valence-electron chi connectivity index (χ1n) is 7.15. The van der Waals surface area contributed by atoms with Crippen molar-refractivity contribution >= 4 is 23.8 Å². The summed E-state index contributed by atoms with van der Waals surface area (Å²) in [6.45, 7) is 4.30. The van der Waals surface area contributed by atoms with E-state index < -0.39 is 12.0 Å². The molecule has 0 spiro atoms. The van der Waals surface area contributed by atoms with E-state index >= 15 is 0 Å². The average Bonchev–Trinajstić information content (AvgIpc) is 2.36. The van der Waals surface area contributed by atoms with Gasteiger partial charge in [0.1, 0.15) is 6.04 Å². The largest absolute Gasteiger partial charge is 0.480 e. The van der Waals surface area contributed by atoms with Gasteiger partial charge in [0.2, 0.25) is 0 Å². The summed E-state index contributed by atoms with van der Waals surface area (Å²) in [5.74, 6) is -0.260. The summed E-state index contributed by atoms with van der Waals surface area (Å²) in [5, 5.41) is 14.6. The van der Waals surface area contributed by atoms with Gasteiger partial charge in [-0.2, -0.15) is 11.8 Å². The number of thioether (sulfide) groups is 1. The van der Waals surface area contributed by atoms with Crippen LogP contribution in [0.1, 0.15) is 46.0 Å². The highest BCUT2D eigenvalue weighted by Gasteiger charge is 2.33. The summed E-state index contributed by atoms with van der Waals surface area (Å²) in [6.07, 6.45) is 6.72. The molecular weight excluding hydrogens is 276 g/mol. The number of aliphatic carboxylic acids is 1. The van der Waals surface area contributed by atoms with Gasteiger partial charge in [-0.1, -0.05) is 26.7 Å². The Bertz CT molecular complexity index is 347. The summed E-state index contributed by atoms with van der Waals surface area (Å²) >= 11 is 1.57. The SMILES string of the molecule is CSCC[C@@H](NC(=O)NC1CCCCC1(C)C)C(=O)O. The molecule has 1 saturated carbocycles. The summed E-state index contributed by atoms with van der Waals surface area (Å²) < 4.78 is 0. The number of carbonyl (C=O) groups is 2. The molecular formula is C14H26N2O3S. The monoisotopic (exact) mass is 302 g/mol. The van der Waals surface area contributed by atoms with Gasteiger partial charge in [-0.15, -0.1) is 0 Å². The molecule has 0 saturated heterocycles. The van der Waals surface area contributed by atoms with Crippen LogP contribution in [0.15, 0.2) is 0 Å². The molecule has 116 valence electrons. The molecule has 1 aliphatic rings. The second kappa shape index (κ2) is 7.76. The second-order valence-corrected chi connectivity index (χ2v) is 7.06. The first-order valence-corrected chi connectivity index (χ1v) is 8.55. The number of carboxylic acid groups (broad SMARTS) is 1. The number of rotatable bonds is 6. The summed E-state index contributed by atoms with van der Waals surface area (Å²) in [6, 6.07) is -1.06. The Hall–Kier alpha value is -0.910. The maximum atomic E-state index is 12.0. The predicted octanol–water partition coefficient (Wildman–Crippen LogP) is 2.46. The molecule has 0 aliphatic heterocycles. The molecule has 1 fully saturated rings. The lowest BCUT2D eigenvalue weighted by Crippen LogP contribution is -2.53. The molecule has 6 heteroatoms. The smallest absolute Gasteiger partial charge is 0.326 e. The van der Waals surface area contributed by atoms with Gasteiger partial charge in [0.15, 0.2) is 0 Å². The van der Waals surface area contributed by atoms with Gasteiger partial charge < -0.3 is 15.7 Å². The van der Waals surface area contributed by atoms with Gasteiger partial charge in [0, 0.05) is 6.04 Å². The van der Waals surface area contributed by atoms with E-state index in [1.165, 1.54) is 6.42 Å². The van der Waals surface area contributed by atoms with Crippen LogP contribution in [-0.4, -0.2) is 41.2 Å². The van der Waals surface area contributed by atoms with Crippen molar-refractivity contribution in [1.82, 2.24) is 10.6 Å². The highest BCUT2D eigenvalue weighted by Crippen LogP contribution is 2.35. The lowest BCUT2D eigenvalue weighted by atomic mass is 9.73. The fourth-order valence-electron chi connectivity index (χ4n) is 2.61. The van der Waals surface area contributed by atoms with Crippen LogP contribution < -0.4 is 10.6 Å². The summed E-state index contributed by atoms with van der Waals surface area (Å²) in [7, 11) is 0. The normalized spacial score (nSPS) is 22.9. The fourth-order valence-corrected chi connectivity index (χ4v) is 3.08. The third-order valence-electron chi connectivity index (χ3n) is 4.03. The Kier molecular flexibility index (Phi) is 6.65. The Balaban J connectivity index is 2.50. The van der Waals surface area contributed by atoms with Crippen LogP contribution in [0.2, 0.25) is 0 Å². The first-order chi connectivity index (χ1) is 9.36. The lowest BCUT2D eigenvalue weighted by Gasteiger charge is -2.39. The van der Waals surface area contributed by atoms with Gasteiger partial charge in [0.05, 0.1) is 0 Å². The van der Waals surface area contributed by atoms with E-state index in [4.69, 9.17) is 5.11 Å². The fraction of sp³-hybridized carbons (Fsp3) is 0.857. The number of hydrogen-bond donors (Lipinski definition) is 3. The molecule has 0 aromatic heterocycles. The van der Waals surface area contributed by atoms with Crippen molar-refractivity contribution in [2.24, 2.45) is 5.41 Å². The average molecular weight is 302 g/mol. The highest BCUT2D eigenvalue weighted by molar-refractivity contribution is 7.98. The van der Waals surface area contributed by atoms with Crippen LogP contribution in [-0.2, 0) is 4.79 Å². The van der Waals surface area contributed by atoms with Gasteiger partial charge in [-0.25, -0.2) is 9.59 Å². The molecule has 5 nitrogen and oxygen atoms in total. The number of carbonyl (C=O) groups excluding carboxylic acids is 1. The van der Waals surface area contributed by atoms with Crippen LogP contribution in [0.5, 0.6) is 0 Å². The molecule has 0 heterocycles. The zero-order valence-corrected chi connectivity index (χ0v) is 13.4. The van der Waals surface area contributed by atoms with E-state index in [0.717, 1.165) is 19.3 Å². The van der Waals surface area contributed by atoms with Gasteiger partial charge in [-0.05, 0) is 36.7 Å². The maximum Gasteiger partial charge on any atom is 0.326 e. The van der Waals surface area contributed by atoms with Crippen LogP contribution in [0.25, 0.3) is 0 Å². The van der Waals surface area contributed by atoms with Crippen molar-refractivity contribution in [3.63, 3.8) is 0 Å².